The molecule has 1 unspecified atom stereocenters. The summed E-state index contributed by atoms with van der Waals surface area (Å²) in [4.78, 5) is 22.5. The molecule has 4 nitrogen and oxygen atoms in total. The molecule has 2 fully saturated rings. The fourth-order valence-electron chi connectivity index (χ4n) is 5.45. The van der Waals surface area contributed by atoms with Crippen molar-refractivity contribution in [1.82, 2.24) is 5.32 Å². The third kappa shape index (κ3) is 2.57. The normalized spacial score (nSPS) is 38.5. The van der Waals surface area contributed by atoms with Crippen molar-refractivity contribution in [3.63, 3.8) is 0 Å². The van der Waals surface area contributed by atoms with E-state index in [0.29, 0.717) is 30.1 Å². The zero-order valence-corrected chi connectivity index (χ0v) is 13.6. The molecule has 0 aromatic rings. The summed E-state index contributed by atoms with van der Waals surface area (Å²) >= 11 is 0. The van der Waals surface area contributed by atoms with Crippen LogP contribution in [0.1, 0.15) is 58.8 Å². The number of hydrogen-bond acceptors (Lipinski definition) is 2. The van der Waals surface area contributed by atoms with Gasteiger partial charge in [0, 0.05) is 24.5 Å². The second-order valence-corrected chi connectivity index (χ2v) is 7.76. The molecule has 1 heterocycles. The van der Waals surface area contributed by atoms with Crippen LogP contribution in [0.3, 0.4) is 0 Å². The summed E-state index contributed by atoms with van der Waals surface area (Å²) in [5, 5.41) is 12.0. The van der Waals surface area contributed by atoms with Gasteiger partial charge in [0.25, 0.3) is 0 Å². The van der Waals surface area contributed by atoms with Crippen LogP contribution in [-0.4, -0.2) is 17.0 Å². The number of allylic oxidation sites excluding steroid dienone is 2. The van der Waals surface area contributed by atoms with E-state index in [0.717, 1.165) is 25.0 Å². The Morgan fingerprint density at radius 2 is 2.23 bits per heavy atom. The van der Waals surface area contributed by atoms with Gasteiger partial charge in [0.2, 0.25) is 5.91 Å². The van der Waals surface area contributed by atoms with Crippen LogP contribution < -0.4 is 5.32 Å². The molecule has 0 aromatic carbocycles. The lowest BCUT2D eigenvalue weighted by Gasteiger charge is -2.47. The van der Waals surface area contributed by atoms with Crippen molar-refractivity contribution >= 4 is 11.9 Å². The Labute approximate surface area is 132 Å². The number of nitrogens with one attached hydrogen (secondary N) is 1. The van der Waals surface area contributed by atoms with Crippen molar-refractivity contribution in [1.29, 1.82) is 0 Å². The van der Waals surface area contributed by atoms with Crippen LogP contribution in [0.15, 0.2) is 11.8 Å². The topological polar surface area (TPSA) is 66.4 Å². The number of piperidine rings is 1. The van der Waals surface area contributed by atoms with E-state index in [1.165, 1.54) is 12.8 Å². The maximum atomic E-state index is 11.6. The molecule has 2 N–H and O–H groups in total. The number of amides is 1. The van der Waals surface area contributed by atoms with E-state index in [4.69, 9.17) is 5.11 Å². The highest BCUT2D eigenvalue weighted by molar-refractivity contribution is 5.79. The first kappa shape index (κ1) is 15.6. The van der Waals surface area contributed by atoms with E-state index >= 15 is 0 Å². The third-order valence-corrected chi connectivity index (χ3v) is 6.60. The minimum atomic E-state index is -0.688. The molecule has 5 atom stereocenters. The molecular formula is C18H27NO3. The molecule has 0 bridgehead atoms. The molecule has 1 saturated carbocycles. The molecule has 3 rings (SSSR count). The Balaban J connectivity index is 1.76. The molecule has 4 heteroatoms. The van der Waals surface area contributed by atoms with Gasteiger partial charge in [-0.15, -0.1) is 0 Å². The zero-order chi connectivity index (χ0) is 15.9. The van der Waals surface area contributed by atoms with Crippen LogP contribution >= 0.6 is 0 Å². The Morgan fingerprint density at radius 1 is 1.45 bits per heavy atom. The number of carboxylic acids is 1. The van der Waals surface area contributed by atoms with E-state index in [2.05, 4.69) is 25.2 Å². The van der Waals surface area contributed by atoms with Gasteiger partial charge < -0.3 is 10.4 Å². The summed E-state index contributed by atoms with van der Waals surface area (Å²) in [7, 11) is 0. The van der Waals surface area contributed by atoms with Crippen LogP contribution in [0.2, 0.25) is 0 Å². The molecule has 0 aromatic heterocycles. The lowest BCUT2D eigenvalue weighted by atomic mass is 9.59. The molecule has 3 aliphatic rings. The number of hydrogen-bond donors (Lipinski definition) is 2. The maximum Gasteiger partial charge on any atom is 0.303 e. The van der Waals surface area contributed by atoms with Crippen LogP contribution in [0.5, 0.6) is 0 Å². The molecule has 22 heavy (non-hydrogen) atoms. The average molecular weight is 305 g/mol. The summed E-state index contributed by atoms with van der Waals surface area (Å²) in [5.41, 5.74) is 1.44. The number of fused-ring (bicyclic) bond motifs is 3. The zero-order valence-electron chi connectivity index (χ0n) is 13.6. The highest BCUT2D eigenvalue weighted by Crippen LogP contribution is 2.60. The van der Waals surface area contributed by atoms with E-state index in [1.807, 2.05) is 0 Å². The Morgan fingerprint density at radius 3 is 2.95 bits per heavy atom. The number of aliphatic carboxylic acids is 1. The first-order chi connectivity index (χ1) is 10.4. The van der Waals surface area contributed by atoms with Crippen molar-refractivity contribution in [3.8, 4) is 0 Å². The van der Waals surface area contributed by atoms with Crippen molar-refractivity contribution < 1.29 is 14.7 Å². The van der Waals surface area contributed by atoms with Crippen molar-refractivity contribution in [2.24, 2.45) is 29.1 Å². The van der Waals surface area contributed by atoms with Gasteiger partial charge in [0.1, 0.15) is 0 Å². The summed E-state index contributed by atoms with van der Waals surface area (Å²) in [5.74, 6) is 1.69. The van der Waals surface area contributed by atoms with E-state index in [1.54, 1.807) is 0 Å². The number of carbonyl (C=O) groups is 2. The lowest BCUT2D eigenvalue weighted by Crippen LogP contribution is -2.45. The Kier molecular flexibility index (Phi) is 4.04. The van der Waals surface area contributed by atoms with Gasteiger partial charge in [0.15, 0.2) is 0 Å². The molecule has 0 radical (unpaired) electrons. The van der Waals surface area contributed by atoms with Crippen LogP contribution in [0, 0.1) is 29.1 Å². The third-order valence-electron chi connectivity index (χ3n) is 6.60. The summed E-state index contributed by atoms with van der Waals surface area (Å²) in [6.45, 7) is 4.62. The van der Waals surface area contributed by atoms with Gasteiger partial charge in [-0.25, -0.2) is 0 Å². The highest BCUT2D eigenvalue weighted by Gasteiger charge is 2.53. The SMILES string of the molecule is CC(CCC(=O)O)[C@@H]1CC[C@H]2[C@@H]3CCC(=O)NC3=CC[C@]12C. The van der Waals surface area contributed by atoms with E-state index in [-0.39, 0.29) is 17.7 Å². The van der Waals surface area contributed by atoms with Gasteiger partial charge in [-0.05, 0) is 55.3 Å². The van der Waals surface area contributed by atoms with E-state index < -0.39 is 5.97 Å². The van der Waals surface area contributed by atoms with Crippen LogP contribution in [0.25, 0.3) is 0 Å². The minimum Gasteiger partial charge on any atom is -0.481 e. The molecule has 2 aliphatic carbocycles. The average Bonchev–Trinajstić information content (AvgIpc) is 2.82. The Bertz CT molecular complexity index is 512. The van der Waals surface area contributed by atoms with E-state index in [9.17, 15) is 9.59 Å². The standard InChI is InChI=1S/C18H27NO3/c1-11(3-8-17(21)22)13-5-6-14-12-4-7-16(20)19-15(12)9-10-18(13,14)2/h9,11-14H,3-8,10H2,1-2H3,(H,19,20)(H,21,22)/t11?,12-,13-,14-,18+/m0/s1. The minimum absolute atomic E-state index is 0.162. The van der Waals surface area contributed by atoms with Crippen molar-refractivity contribution in [2.75, 3.05) is 0 Å². The summed E-state index contributed by atoms with van der Waals surface area (Å²) in [6, 6.07) is 0. The van der Waals surface area contributed by atoms with Gasteiger partial charge in [-0.2, -0.15) is 0 Å². The monoisotopic (exact) mass is 305 g/mol. The fourth-order valence-corrected chi connectivity index (χ4v) is 5.45. The first-order valence-electron chi connectivity index (χ1n) is 8.63. The van der Waals surface area contributed by atoms with Crippen LogP contribution in [0.4, 0.5) is 0 Å². The van der Waals surface area contributed by atoms with Gasteiger partial charge >= 0.3 is 5.97 Å². The predicted molar refractivity (Wildman–Crippen MR) is 83.9 cm³/mol. The molecule has 122 valence electrons. The van der Waals surface area contributed by atoms with Gasteiger partial charge in [-0.3, -0.25) is 9.59 Å². The molecule has 0 spiro atoms. The molecule has 1 amide bonds. The molecular weight excluding hydrogens is 278 g/mol. The lowest BCUT2D eigenvalue weighted by molar-refractivity contribution is -0.137. The highest BCUT2D eigenvalue weighted by atomic mass is 16.4. The number of rotatable bonds is 4. The van der Waals surface area contributed by atoms with Gasteiger partial charge in [-0.1, -0.05) is 19.9 Å². The predicted octanol–water partition coefficient (Wildman–Crippen LogP) is 3.33. The quantitative estimate of drug-likeness (QED) is 0.837. The second kappa shape index (κ2) is 5.71. The van der Waals surface area contributed by atoms with Crippen LogP contribution in [-0.2, 0) is 9.59 Å². The smallest absolute Gasteiger partial charge is 0.303 e. The van der Waals surface area contributed by atoms with Crippen molar-refractivity contribution in [2.45, 2.75) is 58.8 Å². The maximum absolute atomic E-state index is 11.6. The second-order valence-electron chi connectivity index (χ2n) is 7.76. The Hall–Kier alpha value is -1.32. The largest absolute Gasteiger partial charge is 0.481 e. The number of carboxylic acid groups (broad SMARTS) is 1. The summed E-state index contributed by atoms with van der Waals surface area (Å²) in [6.07, 6.45) is 8.37. The number of carbonyl (C=O) groups excluding carboxylic acids is 1. The molecule has 1 saturated heterocycles. The first-order valence-corrected chi connectivity index (χ1v) is 8.63. The fraction of sp³-hybridized carbons (Fsp3) is 0.778. The summed E-state index contributed by atoms with van der Waals surface area (Å²) < 4.78 is 0. The van der Waals surface area contributed by atoms with Crippen molar-refractivity contribution in [3.05, 3.63) is 11.8 Å². The van der Waals surface area contributed by atoms with Gasteiger partial charge in [0.05, 0.1) is 0 Å². The molecule has 1 aliphatic heterocycles.